The highest BCUT2D eigenvalue weighted by Crippen LogP contribution is 2.40. The van der Waals surface area contributed by atoms with Crippen LogP contribution in [0.15, 0.2) is 109 Å². The van der Waals surface area contributed by atoms with Crippen LogP contribution < -0.4 is 30.2 Å². The Labute approximate surface area is 481 Å². The third kappa shape index (κ3) is 17.5. The molecule has 0 radical (unpaired) electrons. The Balaban J connectivity index is 1.31. The Hall–Kier alpha value is -7.62. The van der Waals surface area contributed by atoms with Gasteiger partial charge in [-0.15, -0.1) is 0 Å². The van der Waals surface area contributed by atoms with E-state index in [1.807, 2.05) is 98.7 Å². The van der Waals surface area contributed by atoms with E-state index in [0.717, 1.165) is 89.5 Å². The highest BCUT2D eigenvalue weighted by molar-refractivity contribution is 5.93. The number of alkyl halides is 9. The molecule has 7 rings (SSSR count). The first kappa shape index (κ1) is 64.0. The standard InChI is InChI=1S/C63H66F9N3O9/c1-58(2,3)46-22-37-28-79-30-39-24-47(59(4,5)6)26-41(56(39)83-35-53(77)74-50-18-12-44(13-19-50)62(67,68)69)32-81-33-42-27-48(60(7,8)9)25-40(57(42)84-36-54(78)75-51-20-14-45(15-21-51)63(70,71)72)31-80-29-38(23-46)55(37)82-34-52(76)73-49-16-10-43(11-17-49)61(64,65)66/h10-27H,28-36H2,1-9H3,(H,73,76)(H,74,77)(H,75,78). The maximum atomic E-state index is 13.5. The fourth-order valence-corrected chi connectivity index (χ4v) is 8.81. The second-order valence-electron chi connectivity index (χ2n) is 23.3. The predicted octanol–water partition coefficient (Wildman–Crippen LogP) is 15.2. The fourth-order valence-electron chi connectivity index (χ4n) is 8.81. The Bertz CT molecular complexity index is 2880. The zero-order chi connectivity index (χ0) is 61.6. The lowest BCUT2D eigenvalue weighted by Gasteiger charge is -2.26. The molecule has 0 fully saturated rings. The zero-order valence-corrected chi connectivity index (χ0v) is 47.8. The average molecular weight is 1180 g/mol. The lowest BCUT2D eigenvalue weighted by molar-refractivity contribution is -0.138. The number of hydrogen-bond donors (Lipinski definition) is 3. The molecular formula is C63H66F9N3O9. The van der Waals surface area contributed by atoms with Crippen molar-refractivity contribution in [2.45, 2.75) is 137 Å². The van der Waals surface area contributed by atoms with E-state index in [-0.39, 0.29) is 74.0 Å². The maximum absolute atomic E-state index is 13.5. The molecule has 3 N–H and O–H groups in total. The van der Waals surface area contributed by atoms with Gasteiger partial charge < -0.3 is 44.4 Å². The molecule has 84 heavy (non-hydrogen) atoms. The highest BCUT2D eigenvalue weighted by Gasteiger charge is 2.33. The van der Waals surface area contributed by atoms with Gasteiger partial charge in [-0.1, -0.05) is 62.3 Å². The maximum Gasteiger partial charge on any atom is 0.416 e. The zero-order valence-electron chi connectivity index (χ0n) is 47.8. The van der Waals surface area contributed by atoms with Gasteiger partial charge in [-0.2, -0.15) is 39.5 Å². The Morgan fingerprint density at radius 3 is 0.702 bits per heavy atom. The summed E-state index contributed by atoms with van der Waals surface area (Å²) in [4.78, 5) is 40.6. The minimum Gasteiger partial charge on any atom is -0.483 e. The van der Waals surface area contributed by atoms with Crippen LogP contribution in [0.5, 0.6) is 17.2 Å². The van der Waals surface area contributed by atoms with Crippen molar-refractivity contribution >= 4 is 34.8 Å². The summed E-state index contributed by atoms with van der Waals surface area (Å²) < 4.78 is 159. The fraction of sp³-hybridized carbons (Fsp3) is 0.381. The minimum absolute atomic E-state index is 0.0873. The molecular weight excluding hydrogens is 1110 g/mol. The highest BCUT2D eigenvalue weighted by atomic mass is 19.4. The first-order valence-corrected chi connectivity index (χ1v) is 26.6. The molecule has 21 heteroatoms. The number of rotatable bonds is 12. The summed E-state index contributed by atoms with van der Waals surface area (Å²) in [6, 6.07) is 22.9. The summed E-state index contributed by atoms with van der Waals surface area (Å²) in [5.41, 5.74) is 1.34. The van der Waals surface area contributed by atoms with Crippen molar-refractivity contribution in [3.8, 4) is 17.2 Å². The number of anilines is 3. The molecule has 6 aromatic carbocycles. The quantitative estimate of drug-likeness (QED) is 0.102. The van der Waals surface area contributed by atoms with E-state index in [1.165, 1.54) is 0 Å². The normalized spacial score (nSPS) is 13.9. The van der Waals surface area contributed by atoms with Crippen molar-refractivity contribution in [1.82, 2.24) is 0 Å². The van der Waals surface area contributed by atoms with Gasteiger partial charge in [0.15, 0.2) is 19.8 Å². The van der Waals surface area contributed by atoms with Crippen molar-refractivity contribution in [2.24, 2.45) is 0 Å². The second-order valence-corrected chi connectivity index (χ2v) is 23.3. The van der Waals surface area contributed by atoms with E-state index in [4.69, 9.17) is 28.4 Å². The number of carbonyl (C=O) groups is 3. The molecule has 0 atom stereocenters. The van der Waals surface area contributed by atoms with Crippen LogP contribution in [0.2, 0.25) is 0 Å². The van der Waals surface area contributed by atoms with E-state index in [2.05, 4.69) is 16.0 Å². The van der Waals surface area contributed by atoms with Crippen LogP contribution in [0.3, 0.4) is 0 Å². The molecule has 0 aliphatic carbocycles. The van der Waals surface area contributed by atoms with Crippen molar-refractivity contribution in [2.75, 3.05) is 35.8 Å². The van der Waals surface area contributed by atoms with Crippen LogP contribution in [0.1, 0.15) is 129 Å². The summed E-state index contributed by atoms with van der Waals surface area (Å²) in [5.74, 6) is -1.51. The van der Waals surface area contributed by atoms with E-state index >= 15 is 0 Å². The first-order valence-electron chi connectivity index (χ1n) is 26.6. The van der Waals surface area contributed by atoms with Gasteiger partial charge in [-0.25, -0.2) is 0 Å². The van der Waals surface area contributed by atoms with Gasteiger partial charge >= 0.3 is 18.5 Å². The van der Waals surface area contributed by atoms with Gasteiger partial charge in [0, 0.05) is 50.4 Å². The van der Waals surface area contributed by atoms with Crippen LogP contribution >= 0.6 is 0 Å². The SMILES string of the molecule is CC(C)(C)c1cc2c(OCC(=O)Nc3ccc(C(F)(F)F)cc3)c(c1)COCc1cc(C(C)(C)C)cc(c1OCC(=O)Nc1ccc(C(F)(F)F)cc1)COCc1cc(C(C)(C)C)cc(c1OCC(=O)Nc1ccc(C(F)(F)F)cc1)COC2. The van der Waals surface area contributed by atoms with Gasteiger partial charge in [0.1, 0.15) is 17.2 Å². The van der Waals surface area contributed by atoms with Gasteiger partial charge in [0.25, 0.3) is 17.7 Å². The number of ether oxygens (including phenoxy) is 6. The molecule has 1 aliphatic rings. The van der Waals surface area contributed by atoms with Crippen LogP contribution in [0.25, 0.3) is 0 Å². The molecule has 0 unspecified atom stereocenters. The number of benzene rings is 6. The van der Waals surface area contributed by atoms with Crippen LogP contribution in [0, 0.1) is 0 Å². The summed E-state index contributed by atoms with van der Waals surface area (Å²) in [6.07, 6.45) is -13.8. The van der Waals surface area contributed by atoms with Gasteiger partial charge in [0.2, 0.25) is 0 Å². The summed E-state index contributed by atoms with van der Waals surface area (Å²) in [7, 11) is 0. The summed E-state index contributed by atoms with van der Waals surface area (Å²) in [6.45, 7) is 15.2. The van der Waals surface area contributed by atoms with Crippen LogP contribution in [0.4, 0.5) is 56.6 Å². The Kier molecular flexibility index (Phi) is 19.6. The number of halogens is 9. The molecule has 1 aliphatic heterocycles. The molecule has 6 aromatic rings. The van der Waals surface area contributed by atoms with Crippen molar-refractivity contribution in [1.29, 1.82) is 0 Å². The lowest BCUT2D eigenvalue weighted by atomic mass is 9.84. The number of nitrogens with one attached hydrogen (secondary N) is 3. The molecule has 450 valence electrons. The van der Waals surface area contributed by atoms with Crippen LogP contribution in [-0.4, -0.2) is 37.5 Å². The van der Waals surface area contributed by atoms with E-state index in [0.29, 0.717) is 33.4 Å². The lowest BCUT2D eigenvalue weighted by Crippen LogP contribution is -2.22. The molecule has 0 aromatic heterocycles. The number of hydrogen-bond acceptors (Lipinski definition) is 9. The largest absolute Gasteiger partial charge is 0.483 e. The third-order valence-corrected chi connectivity index (χ3v) is 13.4. The monoisotopic (exact) mass is 1180 g/mol. The molecule has 6 bridgehead atoms. The van der Waals surface area contributed by atoms with Gasteiger partial charge in [0.05, 0.1) is 56.3 Å². The first-order chi connectivity index (χ1) is 39.1. The average Bonchev–Trinajstić information content (AvgIpc) is 3.32. The molecule has 0 spiro atoms. The molecule has 0 saturated heterocycles. The van der Waals surface area contributed by atoms with E-state index in [9.17, 15) is 53.9 Å². The Morgan fingerprint density at radius 2 is 0.536 bits per heavy atom. The van der Waals surface area contributed by atoms with Crippen molar-refractivity contribution in [3.05, 3.63) is 176 Å². The second kappa shape index (κ2) is 25.7. The van der Waals surface area contributed by atoms with Gasteiger partial charge in [-0.3, -0.25) is 14.4 Å². The molecule has 3 amide bonds. The summed E-state index contributed by atoms with van der Waals surface area (Å²) in [5, 5.41) is 7.72. The topological polar surface area (TPSA) is 143 Å². The minimum atomic E-state index is -4.60. The van der Waals surface area contributed by atoms with E-state index in [1.54, 1.807) is 0 Å². The van der Waals surface area contributed by atoms with Crippen LogP contribution in [-0.2, 0) is 103 Å². The smallest absolute Gasteiger partial charge is 0.416 e. The van der Waals surface area contributed by atoms with E-state index < -0.39 is 89.0 Å². The van der Waals surface area contributed by atoms with Crippen molar-refractivity contribution in [3.63, 3.8) is 0 Å². The summed E-state index contributed by atoms with van der Waals surface area (Å²) >= 11 is 0. The van der Waals surface area contributed by atoms with Crippen molar-refractivity contribution < 1.29 is 82.3 Å². The molecule has 0 saturated carbocycles. The number of amides is 3. The predicted molar refractivity (Wildman–Crippen MR) is 298 cm³/mol. The molecule has 12 nitrogen and oxygen atoms in total. The van der Waals surface area contributed by atoms with Gasteiger partial charge in [-0.05, 0) is 142 Å². The Morgan fingerprint density at radius 1 is 0.345 bits per heavy atom. The number of carbonyl (C=O) groups excluding carboxylic acids is 3. The molecule has 1 heterocycles. The number of fused-ring (bicyclic) bond motifs is 6. The third-order valence-electron chi connectivity index (χ3n) is 13.4.